The highest BCUT2D eigenvalue weighted by Crippen LogP contribution is 2.11. The van der Waals surface area contributed by atoms with Crippen molar-refractivity contribution in [3.8, 4) is 0 Å². The van der Waals surface area contributed by atoms with Gasteiger partial charge in [-0.05, 0) is 44.2 Å². The van der Waals surface area contributed by atoms with Crippen LogP contribution in [0.2, 0.25) is 0 Å². The van der Waals surface area contributed by atoms with E-state index in [-0.39, 0.29) is 5.91 Å². The van der Waals surface area contributed by atoms with Gasteiger partial charge in [0.25, 0.3) is 0 Å². The standard InChI is InChI=1S/C15H25N3O/c1-4-14(5-2)18(3)11-10-15(19)17-13-8-6-12(16)7-9-13/h6-9,14H,4-5,10-11,16H2,1-3H3,(H,17,19). The lowest BCUT2D eigenvalue weighted by atomic mass is 10.1. The van der Waals surface area contributed by atoms with Crippen molar-refractivity contribution in [3.63, 3.8) is 0 Å². The molecule has 1 aromatic carbocycles. The second-order valence-corrected chi connectivity index (χ2v) is 4.87. The Morgan fingerprint density at radius 1 is 1.26 bits per heavy atom. The number of carbonyl (C=O) groups excluding carboxylic acids is 1. The third kappa shape index (κ3) is 5.30. The molecule has 0 fully saturated rings. The van der Waals surface area contributed by atoms with Crippen LogP contribution in [0.15, 0.2) is 24.3 Å². The fourth-order valence-electron chi connectivity index (χ4n) is 2.16. The van der Waals surface area contributed by atoms with Gasteiger partial charge in [0.1, 0.15) is 0 Å². The van der Waals surface area contributed by atoms with Crippen LogP contribution in [-0.4, -0.2) is 30.4 Å². The first-order valence-corrected chi connectivity index (χ1v) is 6.92. The second-order valence-electron chi connectivity index (χ2n) is 4.87. The molecular formula is C15H25N3O. The van der Waals surface area contributed by atoms with Crippen LogP contribution in [0.1, 0.15) is 33.1 Å². The molecular weight excluding hydrogens is 238 g/mol. The molecule has 0 spiro atoms. The molecule has 0 aliphatic rings. The summed E-state index contributed by atoms with van der Waals surface area (Å²) in [4.78, 5) is 14.1. The molecule has 0 unspecified atom stereocenters. The average Bonchev–Trinajstić information content (AvgIpc) is 2.40. The van der Waals surface area contributed by atoms with Gasteiger partial charge in [-0.3, -0.25) is 4.79 Å². The van der Waals surface area contributed by atoms with Crippen LogP contribution in [0.25, 0.3) is 0 Å². The van der Waals surface area contributed by atoms with Crippen LogP contribution < -0.4 is 11.1 Å². The summed E-state index contributed by atoms with van der Waals surface area (Å²) in [6.45, 7) is 5.14. The summed E-state index contributed by atoms with van der Waals surface area (Å²) in [7, 11) is 2.08. The van der Waals surface area contributed by atoms with E-state index in [2.05, 4.69) is 31.1 Å². The quantitative estimate of drug-likeness (QED) is 0.744. The van der Waals surface area contributed by atoms with Crippen molar-refractivity contribution < 1.29 is 4.79 Å². The van der Waals surface area contributed by atoms with E-state index in [0.29, 0.717) is 18.2 Å². The first kappa shape index (κ1) is 15.5. The van der Waals surface area contributed by atoms with Crippen molar-refractivity contribution in [2.75, 3.05) is 24.6 Å². The Morgan fingerprint density at radius 3 is 2.37 bits per heavy atom. The maximum Gasteiger partial charge on any atom is 0.225 e. The van der Waals surface area contributed by atoms with Gasteiger partial charge >= 0.3 is 0 Å². The summed E-state index contributed by atoms with van der Waals surface area (Å²) in [6.07, 6.45) is 2.75. The Hall–Kier alpha value is -1.55. The molecule has 19 heavy (non-hydrogen) atoms. The van der Waals surface area contributed by atoms with Gasteiger partial charge in [0, 0.05) is 30.4 Å². The summed E-state index contributed by atoms with van der Waals surface area (Å²) < 4.78 is 0. The van der Waals surface area contributed by atoms with Crippen LogP contribution in [-0.2, 0) is 4.79 Å². The Morgan fingerprint density at radius 2 is 1.84 bits per heavy atom. The molecule has 0 atom stereocenters. The predicted molar refractivity (Wildman–Crippen MR) is 81.1 cm³/mol. The second kappa shape index (κ2) is 7.79. The van der Waals surface area contributed by atoms with E-state index >= 15 is 0 Å². The van der Waals surface area contributed by atoms with Crippen LogP contribution in [0.3, 0.4) is 0 Å². The number of rotatable bonds is 7. The molecule has 1 amide bonds. The smallest absolute Gasteiger partial charge is 0.225 e. The van der Waals surface area contributed by atoms with Gasteiger partial charge in [-0.25, -0.2) is 0 Å². The molecule has 0 bridgehead atoms. The first-order valence-electron chi connectivity index (χ1n) is 6.92. The number of benzene rings is 1. The number of nitrogens with two attached hydrogens (primary N) is 1. The molecule has 4 heteroatoms. The molecule has 0 saturated carbocycles. The van der Waals surface area contributed by atoms with E-state index in [4.69, 9.17) is 5.73 Å². The van der Waals surface area contributed by atoms with Crippen molar-refractivity contribution in [2.45, 2.75) is 39.2 Å². The SMILES string of the molecule is CCC(CC)N(C)CCC(=O)Nc1ccc(N)cc1. The Labute approximate surface area is 116 Å². The lowest BCUT2D eigenvalue weighted by molar-refractivity contribution is -0.116. The summed E-state index contributed by atoms with van der Waals surface area (Å²) in [5, 5.41) is 2.88. The fourth-order valence-corrected chi connectivity index (χ4v) is 2.16. The van der Waals surface area contributed by atoms with Gasteiger partial charge < -0.3 is 16.0 Å². The summed E-state index contributed by atoms with van der Waals surface area (Å²) in [5.74, 6) is 0.0441. The van der Waals surface area contributed by atoms with Gasteiger partial charge in [-0.1, -0.05) is 13.8 Å². The van der Waals surface area contributed by atoms with E-state index in [9.17, 15) is 4.79 Å². The monoisotopic (exact) mass is 263 g/mol. The van der Waals surface area contributed by atoms with Gasteiger partial charge in [-0.2, -0.15) is 0 Å². The van der Waals surface area contributed by atoms with Crippen LogP contribution >= 0.6 is 0 Å². The minimum atomic E-state index is 0.0441. The normalized spacial score (nSPS) is 11.0. The number of hydrogen-bond acceptors (Lipinski definition) is 3. The van der Waals surface area contributed by atoms with Crippen LogP contribution in [0.5, 0.6) is 0 Å². The van der Waals surface area contributed by atoms with Crippen molar-refractivity contribution >= 4 is 17.3 Å². The van der Waals surface area contributed by atoms with Crippen molar-refractivity contribution in [1.29, 1.82) is 0 Å². The lowest BCUT2D eigenvalue weighted by Crippen LogP contribution is -2.33. The van der Waals surface area contributed by atoms with E-state index in [0.717, 1.165) is 25.1 Å². The Bertz CT molecular complexity index is 385. The third-order valence-corrected chi connectivity index (χ3v) is 3.45. The molecule has 0 radical (unpaired) electrons. The molecule has 0 aromatic heterocycles. The highest BCUT2D eigenvalue weighted by atomic mass is 16.1. The molecule has 0 aliphatic heterocycles. The number of carbonyl (C=O) groups is 1. The van der Waals surface area contributed by atoms with E-state index in [1.165, 1.54) is 0 Å². The highest BCUT2D eigenvalue weighted by molar-refractivity contribution is 5.90. The molecule has 0 heterocycles. The van der Waals surface area contributed by atoms with E-state index in [1.54, 1.807) is 12.1 Å². The molecule has 4 nitrogen and oxygen atoms in total. The minimum absolute atomic E-state index is 0.0441. The summed E-state index contributed by atoms with van der Waals surface area (Å²) >= 11 is 0. The molecule has 1 rings (SSSR count). The van der Waals surface area contributed by atoms with Crippen LogP contribution in [0, 0.1) is 0 Å². The summed E-state index contributed by atoms with van der Waals surface area (Å²) in [5.41, 5.74) is 7.10. The third-order valence-electron chi connectivity index (χ3n) is 3.45. The van der Waals surface area contributed by atoms with Gasteiger partial charge in [-0.15, -0.1) is 0 Å². The number of amides is 1. The number of nitrogens with zero attached hydrogens (tertiary/aromatic N) is 1. The zero-order valence-corrected chi connectivity index (χ0v) is 12.1. The summed E-state index contributed by atoms with van der Waals surface area (Å²) in [6, 6.07) is 7.76. The van der Waals surface area contributed by atoms with E-state index in [1.807, 2.05) is 12.1 Å². The van der Waals surface area contributed by atoms with Crippen molar-refractivity contribution in [2.24, 2.45) is 0 Å². The molecule has 1 aromatic rings. The molecule has 3 N–H and O–H groups in total. The topological polar surface area (TPSA) is 58.4 Å². The zero-order valence-electron chi connectivity index (χ0n) is 12.1. The minimum Gasteiger partial charge on any atom is -0.399 e. The van der Waals surface area contributed by atoms with Gasteiger partial charge in [0.05, 0.1) is 0 Å². The zero-order chi connectivity index (χ0) is 14.3. The lowest BCUT2D eigenvalue weighted by Gasteiger charge is -2.25. The number of nitrogens with one attached hydrogen (secondary N) is 1. The maximum absolute atomic E-state index is 11.8. The Balaban J connectivity index is 2.37. The van der Waals surface area contributed by atoms with Gasteiger partial charge in [0.15, 0.2) is 0 Å². The largest absolute Gasteiger partial charge is 0.399 e. The number of nitrogen functional groups attached to an aromatic ring is 1. The maximum atomic E-state index is 11.8. The highest BCUT2D eigenvalue weighted by Gasteiger charge is 2.11. The number of hydrogen-bond donors (Lipinski definition) is 2. The fraction of sp³-hybridized carbons (Fsp3) is 0.533. The molecule has 0 saturated heterocycles. The average molecular weight is 263 g/mol. The van der Waals surface area contributed by atoms with E-state index < -0.39 is 0 Å². The molecule has 106 valence electrons. The van der Waals surface area contributed by atoms with Crippen molar-refractivity contribution in [3.05, 3.63) is 24.3 Å². The van der Waals surface area contributed by atoms with Crippen LogP contribution in [0.4, 0.5) is 11.4 Å². The van der Waals surface area contributed by atoms with Gasteiger partial charge in [0.2, 0.25) is 5.91 Å². The Kier molecular flexibility index (Phi) is 6.36. The predicted octanol–water partition coefficient (Wildman–Crippen LogP) is 2.72. The molecule has 0 aliphatic carbocycles. The number of anilines is 2. The van der Waals surface area contributed by atoms with Crippen molar-refractivity contribution in [1.82, 2.24) is 4.90 Å². The first-order chi connectivity index (χ1) is 9.06.